The summed E-state index contributed by atoms with van der Waals surface area (Å²) >= 11 is 0. The first kappa shape index (κ1) is 16.5. The largest absolute Gasteiger partial charge is 0.374 e. The third-order valence-electron chi connectivity index (χ3n) is 4.90. The molecule has 3 rings (SSSR count). The molecule has 4 heteroatoms. The number of aryl methyl sites for hydroxylation is 1. The predicted molar refractivity (Wildman–Crippen MR) is 91.4 cm³/mol. The van der Waals surface area contributed by atoms with Crippen molar-refractivity contribution in [2.75, 3.05) is 39.8 Å². The van der Waals surface area contributed by atoms with E-state index < -0.39 is 0 Å². The summed E-state index contributed by atoms with van der Waals surface area (Å²) in [4.78, 5) is 17.2. The van der Waals surface area contributed by atoms with Crippen molar-refractivity contribution in [2.24, 2.45) is 5.92 Å². The van der Waals surface area contributed by atoms with E-state index in [1.165, 1.54) is 18.4 Å². The Hall–Kier alpha value is -1.39. The van der Waals surface area contributed by atoms with Gasteiger partial charge in [0.1, 0.15) is 0 Å². The molecule has 0 aromatic heterocycles. The summed E-state index contributed by atoms with van der Waals surface area (Å²) in [7, 11) is 2.12. The second-order valence-electron chi connectivity index (χ2n) is 7.10. The average Bonchev–Trinajstić information content (AvgIpc) is 3.33. The molecule has 1 saturated heterocycles. The quantitative estimate of drug-likeness (QED) is 0.806. The van der Waals surface area contributed by atoms with E-state index >= 15 is 0 Å². The smallest absolute Gasteiger partial charge is 0.227 e. The Morgan fingerprint density at radius 3 is 2.78 bits per heavy atom. The zero-order chi connectivity index (χ0) is 16.2. The van der Waals surface area contributed by atoms with E-state index in [2.05, 4.69) is 31.0 Å². The number of rotatable bonds is 6. The van der Waals surface area contributed by atoms with Crippen LogP contribution in [0.4, 0.5) is 0 Å². The standard InChI is InChI=1S/C19H28N2O2/c1-15-5-3-4-6-17(15)11-19(22)21(12-16-7-8-16)14-18-13-20(2)9-10-23-18/h3-6,16,18H,7-14H2,1-2H3/t18-/m1/s1. The third kappa shape index (κ3) is 4.79. The van der Waals surface area contributed by atoms with Crippen LogP contribution in [-0.4, -0.2) is 61.6 Å². The van der Waals surface area contributed by atoms with Gasteiger partial charge in [-0.1, -0.05) is 24.3 Å². The Labute approximate surface area is 139 Å². The van der Waals surface area contributed by atoms with Gasteiger partial charge in [-0.15, -0.1) is 0 Å². The van der Waals surface area contributed by atoms with E-state index in [0.717, 1.165) is 38.3 Å². The molecule has 0 spiro atoms. The first-order valence-electron chi connectivity index (χ1n) is 8.74. The van der Waals surface area contributed by atoms with Gasteiger partial charge in [-0.05, 0) is 43.9 Å². The van der Waals surface area contributed by atoms with Crippen molar-refractivity contribution in [3.8, 4) is 0 Å². The second-order valence-corrected chi connectivity index (χ2v) is 7.10. The number of morpholine rings is 1. The highest BCUT2D eigenvalue weighted by atomic mass is 16.5. The molecule has 4 nitrogen and oxygen atoms in total. The number of nitrogens with zero attached hydrogens (tertiary/aromatic N) is 2. The molecule has 1 aliphatic heterocycles. The first-order chi connectivity index (χ1) is 11.1. The fourth-order valence-electron chi connectivity index (χ4n) is 3.20. The lowest BCUT2D eigenvalue weighted by Crippen LogP contribution is -2.48. The molecule has 2 aliphatic rings. The molecule has 1 aromatic rings. The molecule has 1 amide bonds. The summed E-state index contributed by atoms with van der Waals surface area (Å²) in [6.45, 7) is 6.37. The minimum Gasteiger partial charge on any atom is -0.374 e. The van der Waals surface area contributed by atoms with Gasteiger partial charge in [0.15, 0.2) is 0 Å². The molecule has 0 unspecified atom stereocenters. The topological polar surface area (TPSA) is 32.8 Å². The molecule has 1 atom stereocenters. The molecule has 0 radical (unpaired) electrons. The molecule has 1 aromatic carbocycles. The van der Waals surface area contributed by atoms with Gasteiger partial charge in [0.2, 0.25) is 5.91 Å². The maximum atomic E-state index is 12.8. The second kappa shape index (κ2) is 7.45. The number of carbonyl (C=O) groups is 1. The predicted octanol–water partition coefficient (Wildman–Crippen LogP) is 2.11. The Kier molecular flexibility index (Phi) is 5.34. The minimum absolute atomic E-state index is 0.147. The lowest BCUT2D eigenvalue weighted by atomic mass is 10.0. The highest BCUT2D eigenvalue weighted by Gasteiger charge is 2.29. The highest BCUT2D eigenvalue weighted by molar-refractivity contribution is 5.79. The van der Waals surface area contributed by atoms with Crippen LogP contribution in [0.5, 0.6) is 0 Å². The Morgan fingerprint density at radius 2 is 2.09 bits per heavy atom. The van der Waals surface area contributed by atoms with Crippen molar-refractivity contribution < 1.29 is 9.53 Å². The number of hydrogen-bond acceptors (Lipinski definition) is 3. The van der Waals surface area contributed by atoms with E-state index in [9.17, 15) is 4.79 Å². The maximum absolute atomic E-state index is 12.8. The molecule has 2 fully saturated rings. The number of likely N-dealkylation sites (N-methyl/N-ethyl adjacent to an activating group) is 1. The van der Waals surface area contributed by atoms with Gasteiger partial charge in [0.25, 0.3) is 0 Å². The van der Waals surface area contributed by atoms with Crippen molar-refractivity contribution in [1.82, 2.24) is 9.80 Å². The van der Waals surface area contributed by atoms with Crippen molar-refractivity contribution >= 4 is 5.91 Å². The van der Waals surface area contributed by atoms with Gasteiger partial charge < -0.3 is 14.5 Å². The van der Waals surface area contributed by atoms with Crippen LogP contribution in [0, 0.1) is 12.8 Å². The summed E-state index contributed by atoms with van der Waals surface area (Å²) in [6.07, 6.45) is 3.18. The van der Waals surface area contributed by atoms with Crippen molar-refractivity contribution in [2.45, 2.75) is 32.3 Å². The van der Waals surface area contributed by atoms with Crippen molar-refractivity contribution in [3.63, 3.8) is 0 Å². The van der Waals surface area contributed by atoms with Crippen LogP contribution in [0.3, 0.4) is 0 Å². The normalized spacial score (nSPS) is 22.1. The fourth-order valence-corrected chi connectivity index (χ4v) is 3.20. The molecule has 1 saturated carbocycles. The van der Waals surface area contributed by atoms with Crippen molar-refractivity contribution in [3.05, 3.63) is 35.4 Å². The lowest BCUT2D eigenvalue weighted by Gasteiger charge is -2.34. The minimum atomic E-state index is 0.147. The zero-order valence-corrected chi connectivity index (χ0v) is 14.3. The third-order valence-corrected chi connectivity index (χ3v) is 4.90. The number of benzene rings is 1. The fraction of sp³-hybridized carbons (Fsp3) is 0.632. The Bertz CT molecular complexity index is 542. The number of hydrogen-bond donors (Lipinski definition) is 0. The number of amides is 1. The number of ether oxygens (including phenoxy) is 1. The van der Waals surface area contributed by atoms with Crippen LogP contribution >= 0.6 is 0 Å². The zero-order valence-electron chi connectivity index (χ0n) is 14.3. The van der Waals surface area contributed by atoms with E-state index in [1.54, 1.807) is 0 Å². The molecule has 126 valence electrons. The maximum Gasteiger partial charge on any atom is 0.227 e. The number of carbonyl (C=O) groups excluding carboxylic acids is 1. The molecule has 0 N–H and O–H groups in total. The molecule has 1 heterocycles. The van der Waals surface area contributed by atoms with Gasteiger partial charge in [-0.2, -0.15) is 0 Å². The van der Waals surface area contributed by atoms with Gasteiger partial charge in [0.05, 0.1) is 19.1 Å². The lowest BCUT2D eigenvalue weighted by molar-refractivity contribution is -0.134. The van der Waals surface area contributed by atoms with Gasteiger partial charge in [-0.3, -0.25) is 4.79 Å². The summed E-state index contributed by atoms with van der Waals surface area (Å²) in [5, 5.41) is 0. The summed E-state index contributed by atoms with van der Waals surface area (Å²) < 4.78 is 5.87. The first-order valence-corrected chi connectivity index (χ1v) is 8.74. The van der Waals surface area contributed by atoms with Crippen LogP contribution in [0.25, 0.3) is 0 Å². The van der Waals surface area contributed by atoms with Gasteiger partial charge in [-0.25, -0.2) is 0 Å². The summed E-state index contributed by atoms with van der Waals surface area (Å²) in [5.74, 6) is 0.945. The molecular formula is C19H28N2O2. The molecule has 0 bridgehead atoms. The molecule has 1 aliphatic carbocycles. The highest BCUT2D eigenvalue weighted by Crippen LogP contribution is 2.30. The van der Waals surface area contributed by atoms with E-state index in [-0.39, 0.29) is 12.0 Å². The molecular weight excluding hydrogens is 288 g/mol. The Balaban J connectivity index is 1.63. The monoisotopic (exact) mass is 316 g/mol. The van der Waals surface area contributed by atoms with Crippen LogP contribution in [0.1, 0.15) is 24.0 Å². The SMILES string of the molecule is Cc1ccccc1CC(=O)N(CC1CC1)C[C@H]1CN(C)CCO1. The average molecular weight is 316 g/mol. The summed E-state index contributed by atoms with van der Waals surface area (Å²) in [6, 6.07) is 8.18. The Morgan fingerprint density at radius 1 is 1.30 bits per heavy atom. The van der Waals surface area contributed by atoms with E-state index in [4.69, 9.17) is 4.74 Å². The van der Waals surface area contributed by atoms with Crippen LogP contribution < -0.4 is 0 Å². The van der Waals surface area contributed by atoms with E-state index in [1.807, 2.05) is 17.0 Å². The van der Waals surface area contributed by atoms with Crippen LogP contribution in [0.2, 0.25) is 0 Å². The molecule has 23 heavy (non-hydrogen) atoms. The van der Waals surface area contributed by atoms with E-state index in [0.29, 0.717) is 12.3 Å². The van der Waals surface area contributed by atoms with Crippen LogP contribution in [0.15, 0.2) is 24.3 Å². The van der Waals surface area contributed by atoms with Gasteiger partial charge in [0, 0.05) is 26.2 Å². The van der Waals surface area contributed by atoms with Crippen LogP contribution in [-0.2, 0) is 16.0 Å². The summed E-state index contributed by atoms with van der Waals surface area (Å²) in [5.41, 5.74) is 2.33. The van der Waals surface area contributed by atoms with Crippen molar-refractivity contribution in [1.29, 1.82) is 0 Å². The van der Waals surface area contributed by atoms with Gasteiger partial charge >= 0.3 is 0 Å².